The molecule has 0 aromatic carbocycles. The van der Waals surface area contributed by atoms with Crippen molar-refractivity contribution in [3.63, 3.8) is 0 Å². The number of aromatic nitrogens is 2. The van der Waals surface area contributed by atoms with Crippen LogP contribution in [-0.4, -0.2) is 18.4 Å². The number of hydrogen-bond acceptors (Lipinski definition) is 7. The predicted molar refractivity (Wildman–Crippen MR) is 64.2 cm³/mol. The molecule has 86 valence electrons. The SMILES string of the molecule is Cc1nc(N)sc1S(=O)(=O)Nc1nccs1. The van der Waals surface area contributed by atoms with Crippen LogP contribution in [0.1, 0.15) is 5.69 Å². The zero-order valence-corrected chi connectivity index (χ0v) is 10.6. The molecule has 2 rings (SSSR count). The number of aryl methyl sites for hydroxylation is 1. The highest BCUT2D eigenvalue weighted by Crippen LogP contribution is 2.27. The highest BCUT2D eigenvalue weighted by Gasteiger charge is 2.21. The number of thiazole rings is 2. The lowest BCUT2D eigenvalue weighted by Gasteiger charge is -2.02. The summed E-state index contributed by atoms with van der Waals surface area (Å²) in [6.45, 7) is 1.60. The average molecular weight is 276 g/mol. The fourth-order valence-electron chi connectivity index (χ4n) is 1.09. The van der Waals surface area contributed by atoms with Gasteiger partial charge >= 0.3 is 0 Å². The van der Waals surface area contributed by atoms with E-state index in [-0.39, 0.29) is 9.34 Å². The molecule has 2 aromatic rings. The van der Waals surface area contributed by atoms with Gasteiger partial charge in [0.05, 0.1) is 5.69 Å². The van der Waals surface area contributed by atoms with E-state index in [0.717, 1.165) is 11.3 Å². The smallest absolute Gasteiger partial charge is 0.275 e. The van der Waals surface area contributed by atoms with Gasteiger partial charge in [0, 0.05) is 11.6 Å². The van der Waals surface area contributed by atoms with Gasteiger partial charge in [-0.25, -0.2) is 18.4 Å². The number of nitrogens with one attached hydrogen (secondary N) is 1. The number of hydrogen-bond donors (Lipinski definition) is 2. The average Bonchev–Trinajstić information content (AvgIpc) is 2.75. The van der Waals surface area contributed by atoms with Gasteiger partial charge in [-0.2, -0.15) is 0 Å². The van der Waals surface area contributed by atoms with Crippen LogP contribution in [0, 0.1) is 6.92 Å². The monoisotopic (exact) mass is 276 g/mol. The summed E-state index contributed by atoms with van der Waals surface area (Å²) in [6, 6.07) is 0. The first-order chi connectivity index (χ1) is 7.49. The van der Waals surface area contributed by atoms with E-state index in [4.69, 9.17) is 5.73 Å². The summed E-state index contributed by atoms with van der Waals surface area (Å²) in [5, 5.41) is 2.24. The molecule has 2 heterocycles. The third-order valence-electron chi connectivity index (χ3n) is 1.67. The molecule has 0 fully saturated rings. The number of nitrogens with two attached hydrogens (primary N) is 1. The number of sulfonamides is 1. The van der Waals surface area contributed by atoms with Gasteiger partial charge in [0.25, 0.3) is 10.0 Å². The molecule has 0 amide bonds. The van der Waals surface area contributed by atoms with Crippen molar-refractivity contribution in [2.75, 3.05) is 10.5 Å². The maximum Gasteiger partial charge on any atom is 0.275 e. The Labute approximate surface area is 100 Å². The number of rotatable bonds is 3. The minimum atomic E-state index is -3.62. The molecule has 0 aliphatic rings. The molecular weight excluding hydrogens is 268 g/mol. The number of nitrogens with zero attached hydrogens (tertiary/aromatic N) is 2. The van der Waals surface area contributed by atoms with Gasteiger partial charge in [-0.3, -0.25) is 4.72 Å². The van der Waals surface area contributed by atoms with Crippen molar-refractivity contribution in [2.45, 2.75) is 11.1 Å². The quantitative estimate of drug-likeness (QED) is 0.880. The zero-order chi connectivity index (χ0) is 11.8. The largest absolute Gasteiger partial charge is 0.375 e. The second kappa shape index (κ2) is 4.00. The Morgan fingerprint density at radius 1 is 1.50 bits per heavy atom. The van der Waals surface area contributed by atoms with Gasteiger partial charge in [0.2, 0.25) is 0 Å². The molecule has 0 unspecified atom stereocenters. The maximum atomic E-state index is 11.9. The Morgan fingerprint density at radius 2 is 2.25 bits per heavy atom. The summed E-state index contributed by atoms with van der Waals surface area (Å²) in [5.41, 5.74) is 5.85. The van der Waals surface area contributed by atoms with E-state index in [1.165, 1.54) is 17.5 Å². The third-order valence-corrected chi connectivity index (χ3v) is 5.42. The first-order valence-electron chi connectivity index (χ1n) is 4.14. The van der Waals surface area contributed by atoms with Crippen molar-refractivity contribution < 1.29 is 8.42 Å². The zero-order valence-electron chi connectivity index (χ0n) is 8.17. The van der Waals surface area contributed by atoms with Gasteiger partial charge in [0.15, 0.2) is 14.5 Å². The molecule has 3 N–H and O–H groups in total. The second-order valence-corrected chi connectivity index (χ2v) is 6.67. The van der Waals surface area contributed by atoms with Gasteiger partial charge < -0.3 is 5.73 Å². The van der Waals surface area contributed by atoms with E-state index in [1.807, 2.05) is 0 Å². The van der Waals surface area contributed by atoms with Gasteiger partial charge in [0.1, 0.15) is 0 Å². The first kappa shape index (κ1) is 11.3. The molecule has 0 radical (unpaired) electrons. The van der Waals surface area contributed by atoms with E-state index in [0.29, 0.717) is 10.8 Å². The van der Waals surface area contributed by atoms with Crippen molar-refractivity contribution in [1.29, 1.82) is 0 Å². The molecule has 0 spiro atoms. The fourth-order valence-corrected chi connectivity index (χ4v) is 4.18. The van der Waals surface area contributed by atoms with E-state index in [9.17, 15) is 8.42 Å². The van der Waals surface area contributed by atoms with Crippen molar-refractivity contribution in [2.24, 2.45) is 0 Å². The standard InChI is InChI=1S/C7H8N4O2S3/c1-4-5(15-6(8)10-4)16(12,13)11-7-9-2-3-14-7/h2-3H,1H3,(H2,8,10)(H,9,11). The van der Waals surface area contributed by atoms with E-state index in [1.54, 1.807) is 12.3 Å². The van der Waals surface area contributed by atoms with Crippen LogP contribution in [0.15, 0.2) is 15.8 Å². The van der Waals surface area contributed by atoms with Gasteiger partial charge in [-0.05, 0) is 6.92 Å². The van der Waals surface area contributed by atoms with E-state index in [2.05, 4.69) is 14.7 Å². The van der Waals surface area contributed by atoms with Gasteiger partial charge in [-0.1, -0.05) is 11.3 Å². The highest BCUT2D eigenvalue weighted by molar-refractivity contribution is 7.95. The molecule has 2 aromatic heterocycles. The molecule has 0 saturated heterocycles. The van der Waals surface area contributed by atoms with Crippen LogP contribution >= 0.6 is 22.7 Å². The normalized spacial score (nSPS) is 11.6. The molecule has 0 aliphatic carbocycles. The minimum Gasteiger partial charge on any atom is -0.375 e. The van der Waals surface area contributed by atoms with Crippen LogP contribution in [0.25, 0.3) is 0 Å². The lowest BCUT2D eigenvalue weighted by molar-refractivity contribution is 0.602. The molecule has 0 aliphatic heterocycles. The summed E-state index contributed by atoms with van der Waals surface area (Å²) in [4.78, 5) is 7.71. The van der Waals surface area contributed by atoms with Crippen molar-refractivity contribution in [3.8, 4) is 0 Å². The first-order valence-corrected chi connectivity index (χ1v) is 7.32. The van der Waals surface area contributed by atoms with Gasteiger partial charge in [-0.15, -0.1) is 11.3 Å². The molecular formula is C7H8N4O2S3. The molecule has 16 heavy (non-hydrogen) atoms. The van der Waals surface area contributed by atoms with Crippen molar-refractivity contribution in [1.82, 2.24) is 9.97 Å². The second-order valence-electron chi connectivity index (χ2n) is 2.87. The summed E-state index contributed by atoms with van der Waals surface area (Å²) in [6.07, 6.45) is 1.52. The molecule has 6 nitrogen and oxygen atoms in total. The molecule has 0 atom stereocenters. The van der Waals surface area contributed by atoms with Crippen LogP contribution < -0.4 is 10.5 Å². The highest BCUT2D eigenvalue weighted by atomic mass is 32.2. The summed E-state index contributed by atoms with van der Waals surface area (Å²) >= 11 is 2.14. The van der Waals surface area contributed by atoms with Crippen molar-refractivity contribution in [3.05, 3.63) is 17.3 Å². The predicted octanol–water partition coefficient (Wildman–Crippen LogP) is 1.29. The van der Waals surface area contributed by atoms with Crippen LogP contribution in [0.4, 0.5) is 10.3 Å². The fraction of sp³-hybridized carbons (Fsp3) is 0.143. The Balaban J connectivity index is 2.36. The van der Waals surface area contributed by atoms with Crippen molar-refractivity contribution >= 4 is 43.0 Å². The van der Waals surface area contributed by atoms with E-state index >= 15 is 0 Å². The summed E-state index contributed by atoms with van der Waals surface area (Å²) in [7, 11) is -3.62. The lowest BCUT2D eigenvalue weighted by Crippen LogP contribution is -2.12. The summed E-state index contributed by atoms with van der Waals surface area (Å²) in [5.74, 6) is 0. The van der Waals surface area contributed by atoms with E-state index < -0.39 is 10.0 Å². The maximum absolute atomic E-state index is 11.9. The molecule has 0 saturated carbocycles. The third kappa shape index (κ3) is 2.15. The number of anilines is 2. The lowest BCUT2D eigenvalue weighted by atomic mass is 10.6. The Bertz CT molecular complexity index is 587. The topological polar surface area (TPSA) is 98.0 Å². The van der Waals surface area contributed by atoms with Crippen LogP contribution in [0.3, 0.4) is 0 Å². The summed E-state index contributed by atoms with van der Waals surface area (Å²) < 4.78 is 26.3. The van der Waals surface area contributed by atoms with Crippen LogP contribution in [-0.2, 0) is 10.0 Å². The Morgan fingerprint density at radius 3 is 2.75 bits per heavy atom. The molecule has 0 bridgehead atoms. The van der Waals surface area contributed by atoms with Crippen LogP contribution in [0.5, 0.6) is 0 Å². The molecule has 9 heteroatoms. The van der Waals surface area contributed by atoms with Crippen LogP contribution in [0.2, 0.25) is 0 Å². The number of nitrogen functional groups attached to an aromatic ring is 1. The minimum absolute atomic E-state index is 0.125. The Kier molecular flexibility index (Phi) is 2.82. The Hall–Kier alpha value is -1.19.